The molecule has 3 rings (SSSR count). The molecule has 1 atom stereocenters. The lowest BCUT2D eigenvalue weighted by atomic mass is 10.1. The molecule has 134 valence electrons. The first-order valence-electron chi connectivity index (χ1n) is 8.12. The Balaban J connectivity index is 1.66. The molecule has 1 aromatic heterocycles. The third-order valence-electron chi connectivity index (χ3n) is 4.00. The number of hydrogen-bond donors (Lipinski definition) is 0. The summed E-state index contributed by atoms with van der Waals surface area (Å²) in [5, 5.41) is 0. The molecule has 0 bridgehead atoms. The van der Waals surface area contributed by atoms with Crippen LogP contribution in [0.15, 0.2) is 42.6 Å². The molecule has 1 aromatic carbocycles. The molecule has 0 spiro atoms. The summed E-state index contributed by atoms with van der Waals surface area (Å²) in [5.74, 6) is 0.390. The first-order chi connectivity index (χ1) is 12.1. The van der Waals surface area contributed by atoms with Gasteiger partial charge in [-0.15, -0.1) is 0 Å². The zero-order chi connectivity index (χ0) is 17.7. The maximum atomic E-state index is 12.7. The number of benzene rings is 1. The normalized spacial score (nSPS) is 18.7. The molecule has 0 radical (unpaired) electrons. The molecule has 0 saturated carbocycles. The highest BCUT2D eigenvalue weighted by atomic mass is 32.2. The topological polar surface area (TPSA) is 81.6 Å². The predicted octanol–water partition coefficient (Wildman–Crippen LogP) is 1.86. The molecule has 1 saturated heterocycles. The summed E-state index contributed by atoms with van der Waals surface area (Å²) in [6, 6.07) is 11.1. The van der Waals surface area contributed by atoms with Crippen molar-refractivity contribution < 1.29 is 17.9 Å². The molecule has 1 fully saturated rings. The Labute approximate surface area is 147 Å². The van der Waals surface area contributed by atoms with Gasteiger partial charge in [-0.05, 0) is 18.4 Å². The number of methoxy groups -OCH3 is 1. The number of piperidine rings is 1. The second kappa shape index (κ2) is 7.79. The maximum Gasteiger partial charge on any atom is 0.319 e. The van der Waals surface area contributed by atoms with Crippen LogP contribution in [0.4, 0.5) is 0 Å². The van der Waals surface area contributed by atoms with Crippen molar-refractivity contribution in [3.63, 3.8) is 0 Å². The van der Waals surface area contributed by atoms with E-state index in [0.717, 1.165) is 18.4 Å². The van der Waals surface area contributed by atoms with Crippen LogP contribution in [-0.2, 0) is 15.8 Å². The third kappa shape index (κ3) is 4.67. The Hall–Kier alpha value is -2.19. The van der Waals surface area contributed by atoms with E-state index in [-0.39, 0.29) is 17.9 Å². The van der Waals surface area contributed by atoms with E-state index in [1.54, 1.807) is 12.3 Å². The number of aromatic nitrogens is 2. The Morgan fingerprint density at radius 3 is 2.80 bits per heavy atom. The molecule has 7 nitrogen and oxygen atoms in total. The molecule has 1 aliphatic heterocycles. The molecule has 1 unspecified atom stereocenters. The van der Waals surface area contributed by atoms with Crippen molar-refractivity contribution in [1.29, 1.82) is 0 Å². The fraction of sp³-hybridized carbons (Fsp3) is 0.412. The monoisotopic (exact) mass is 363 g/mol. The molecule has 0 aliphatic carbocycles. The average Bonchev–Trinajstić information content (AvgIpc) is 2.62. The summed E-state index contributed by atoms with van der Waals surface area (Å²) in [6.45, 7) is 0.837. The van der Waals surface area contributed by atoms with Gasteiger partial charge in [0.05, 0.1) is 19.4 Å². The molecular formula is C17H21N3O4S. The van der Waals surface area contributed by atoms with E-state index in [1.807, 2.05) is 30.3 Å². The highest BCUT2D eigenvalue weighted by molar-refractivity contribution is 7.88. The van der Waals surface area contributed by atoms with Crippen molar-refractivity contribution in [3.05, 3.63) is 48.2 Å². The van der Waals surface area contributed by atoms with Gasteiger partial charge < -0.3 is 9.47 Å². The molecule has 0 amide bonds. The zero-order valence-electron chi connectivity index (χ0n) is 14.0. The van der Waals surface area contributed by atoms with E-state index >= 15 is 0 Å². The van der Waals surface area contributed by atoms with E-state index in [2.05, 4.69) is 9.97 Å². The van der Waals surface area contributed by atoms with Gasteiger partial charge in [0, 0.05) is 18.8 Å². The Morgan fingerprint density at radius 1 is 1.24 bits per heavy atom. The van der Waals surface area contributed by atoms with Gasteiger partial charge in [-0.25, -0.2) is 13.4 Å². The molecule has 25 heavy (non-hydrogen) atoms. The maximum absolute atomic E-state index is 12.7. The number of ether oxygens (including phenoxy) is 2. The van der Waals surface area contributed by atoms with Crippen LogP contribution in [0.25, 0.3) is 0 Å². The van der Waals surface area contributed by atoms with E-state index in [9.17, 15) is 8.42 Å². The average molecular weight is 363 g/mol. The Kier molecular flexibility index (Phi) is 5.50. The zero-order valence-corrected chi connectivity index (χ0v) is 14.9. The fourth-order valence-electron chi connectivity index (χ4n) is 2.79. The molecule has 1 aliphatic rings. The number of nitrogens with zero attached hydrogens (tertiary/aromatic N) is 3. The van der Waals surface area contributed by atoms with E-state index < -0.39 is 10.0 Å². The van der Waals surface area contributed by atoms with E-state index in [0.29, 0.717) is 19.0 Å². The fourth-order valence-corrected chi connectivity index (χ4v) is 4.39. The van der Waals surface area contributed by atoms with Crippen molar-refractivity contribution in [2.75, 3.05) is 20.2 Å². The third-order valence-corrected chi connectivity index (χ3v) is 5.82. The van der Waals surface area contributed by atoms with Crippen LogP contribution >= 0.6 is 0 Å². The van der Waals surface area contributed by atoms with Crippen LogP contribution in [0, 0.1) is 0 Å². The SMILES string of the molecule is COc1nccc(OC2CCCN(S(=O)(=O)Cc3ccccc3)C2)n1. The molecule has 0 N–H and O–H groups in total. The standard InChI is InChI=1S/C17H21N3O4S/c1-23-17-18-10-9-16(19-17)24-15-8-5-11-20(12-15)25(21,22)13-14-6-3-2-4-7-14/h2-4,6-7,9-10,15H,5,8,11-13H2,1H3. The second-order valence-electron chi connectivity index (χ2n) is 5.86. The molecule has 2 heterocycles. The van der Waals surface area contributed by atoms with E-state index in [4.69, 9.17) is 9.47 Å². The largest absolute Gasteiger partial charge is 0.473 e. The van der Waals surface area contributed by atoms with Gasteiger partial charge in [0.25, 0.3) is 0 Å². The van der Waals surface area contributed by atoms with Crippen LogP contribution in [0.1, 0.15) is 18.4 Å². The summed E-state index contributed by atoms with van der Waals surface area (Å²) in [4.78, 5) is 8.05. The second-order valence-corrected chi connectivity index (χ2v) is 7.83. The van der Waals surface area contributed by atoms with Crippen LogP contribution in [0.5, 0.6) is 11.9 Å². The van der Waals surface area contributed by atoms with E-state index in [1.165, 1.54) is 11.4 Å². The minimum atomic E-state index is -3.38. The van der Waals surface area contributed by atoms with Crippen molar-refractivity contribution >= 4 is 10.0 Å². The van der Waals surface area contributed by atoms with Crippen molar-refractivity contribution in [2.24, 2.45) is 0 Å². The number of rotatable bonds is 6. The van der Waals surface area contributed by atoms with Crippen LogP contribution in [-0.4, -0.2) is 49.0 Å². The van der Waals surface area contributed by atoms with Crippen molar-refractivity contribution in [3.8, 4) is 11.9 Å². The number of sulfonamides is 1. The van der Waals surface area contributed by atoms with Crippen molar-refractivity contribution in [1.82, 2.24) is 14.3 Å². The minimum Gasteiger partial charge on any atom is -0.473 e. The lowest BCUT2D eigenvalue weighted by Crippen LogP contribution is -2.44. The lowest BCUT2D eigenvalue weighted by Gasteiger charge is -2.31. The highest BCUT2D eigenvalue weighted by Crippen LogP contribution is 2.21. The van der Waals surface area contributed by atoms with Gasteiger partial charge in [0.1, 0.15) is 6.10 Å². The summed E-state index contributed by atoms with van der Waals surface area (Å²) in [7, 11) is -1.89. The van der Waals surface area contributed by atoms with Crippen LogP contribution < -0.4 is 9.47 Å². The first kappa shape index (κ1) is 17.6. The summed E-state index contributed by atoms with van der Waals surface area (Å²) >= 11 is 0. The van der Waals surface area contributed by atoms with Gasteiger partial charge in [0.2, 0.25) is 15.9 Å². The number of hydrogen-bond acceptors (Lipinski definition) is 6. The summed E-state index contributed by atoms with van der Waals surface area (Å²) in [5.41, 5.74) is 0.783. The first-order valence-corrected chi connectivity index (χ1v) is 9.73. The van der Waals surface area contributed by atoms with Gasteiger partial charge >= 0.3 is 6.01 Å². The summed E-state index contributed by atoms with van der Waals surface area (Å²) in [6.07, 6.45) is 2.84. The minimum absolute atomic E-state index is 0.00187. The highest BCUT2D eigenvalue weighted by Gasteiger charge is 2.30. The van der Waals surface area contributed by atoms with Crippen LogP contribution in [0.2, 0.25) is 0 Å². The quantitative estimate of drug-likeness (QED) is 0.779. The Morgan fingerprint density at radius 2 is 2.04 bits per heavy atom. The van der Waals surface area contributed by atoms with Crippen molar-refractivity contribution in [2.45, 2.75) is 24.7 Å². The molecule has 8 heteroatoms. The predicted molar refractivity (Wildman–Crippen MR) is 92.9 cm³/mol. The smallest absolute Gasteiger partial charge is 0.319 e. The molecular weight excluding hydrogens is 342 g/mol. The van der Waals surface area contributed by atoms with Crippen LogP contribution in [0.3, 0.4) is 0 Å². The summed E-state index contributed by atoms with van der Waals surface area (Å²) < 4.78 is 37.7. The van der Waals surface area contributed by atoms with Gasteiger partial charge in [-0.1, -0.05) is 30.3 Å². The molecule has 2 aromatic rings. The Bertz CT molecular complexity index is 799. The van der Waals surface area contributed by atoms with Gasteiger partial charge in [-0.3, -0.25) is 0 Å². The van der Waals surface area contributed by atoms with Gasteiger partial charge in [-0.2, -0.15) is 9.29 Å². The van der Waals surface area contributed by atoms with Gasteiger partial charge in [0.15, 0.2) is 0 Å². The lowest BCUT2D eigenvalue weighted by molar-refractivity contribution is 0.123.